The fourth-order valence-electron chi connectivity index (χ4n) is 5.03. The first kappa shape index (κ1) is 26.9. The summed E-state index contributed by atoms with van der Waals surface area (Å²) in [4.78, 5) is 33.9. The summed E-state index contributed by atoms with van der Waals surface area (Å²) in [6.45, 7) is 0. The van der Waals surface area contributed by atoms with E-state index in [1.165, 1.54) is 48.5 Å². The molecule has 1 aliphatic rings. The van der Waals surface area contributed by atoms with E-state index in [0.717, 1.165) is 11.1 Å². The SMILES string of the molecule is O=C1C(CC[C@H](O)c2ccc(F)cc2)[C@@H](c2ccc(-c3cccc(P(=O)(O)O)c3)cc2)N1c1ccc(F)cc1. The minimum absolute atomic E-state index is 0.0732. The maximum atomic E-state index is 13.6. The number of aliphatic hydroxyl groups excluding tert-OH is 1. The third kappa shape index (κ3) is 5.70. The molecule has 1 amide bonds. The van der Waals surface area contributed by atoms with Crippen LogP contribution >= 0.6 is 7.60 Å². The summed E-state index contributed by atoms with van der Waals surface area (Å²) in [6, 6.07) is 24.5. The number of rotatable bonds is 8. The number of amides is 1. The molecule has 1 unspecified atom stereocenters. The maximum absolute atomic E-state index is 13.6. The van der Waals surface area contributed by atoms with Crippen LogP contribution in [0.3, 0.4) is 0 Å². The highest BCUT2D eigenvalue weighted by molar-refractivity contribution is 7.60. The Hall–Kier alpha value is -3.68. The molecule has 0 saturated carbocycles. The highest BCUT2D eigenvalue weighted by atomic mass is 31.2. The predicted molar refractivity (Wildman–Crippen MR) is 144 cm³/mol. The summed E-state index contributed by atoms with van der Waals surface area (Å²) < 4.78 is 38.5. The number of halogens is 2. The van der Waals surface area contributed by atoms with Gasteiger partial charge in [-0.1, -0.05) is 48.5 Å². The predicted octanol–water partition coefficient (Wildman–Crippen LogP) is 5.65. The molecule has 6 nitrogen and oxygen atoms in total. The molecule has 39 heavy (non-hydrogen) atoms. The van der Waals surface area contributed by atoms with Crippen molar-refractivity contribution in [3.05, 3.63) is 120 Å². The van der Waals surface area contributed by atoms with Gasteiger partial charge in [-0.3, -0.25) is 9.36 Å². The quantitative estimate of drug-likeness (QED) is 0.195. The molecule has 0 aromatic heterocycles. The molecule has 5 rings (SSSR count). The lowest BCUT2D eigenvalue weighted by Crippen LogP contribution is -2.55. The van der Waals surface area contributed by atoms with Crippen molar-refractivity contribution in [3.63, 3.8) is 0 Å². The van der Waals surface area contributed by atoms with E-state index < -0.39 is 31.3 Å². The molecule has 1 heterocycles. The van der Waals surface area contributed by atoms with E-state index in [0.29, 0.717) is 29.7 Å². The van der Waals surface area contributed by atoms with Crippen molar-refractivity contribution in [2.45, 2.75) is 25.0 Å². The van der Waals surface area contributed by atoms with E-state index in [9.17, 15) is 33.0 Å². The Morgan fingerprint density at radius 1 is 0.821 bits per heavy atom. The molecule has 1 fully saturated rings. The first-order valence-corrected chi connectivity index (χ1v) is 14.0. The van der Waals surface area contributed by atoms with Crippen LogP contribution in [0.15, 0.2) is 97.1 Å². The number of carbonyl (C=O) groups is 1. The number of nitrogens with zero attached hydrogens (tertiary/aromatic N) is 1. The smallest absolute Gasteiger partial charge is 0.356 e. The van der Waals surface area contributed by atoms with Crippen molar-refractivity contribution in [2.24, 2.45) is 5.92 Å². The third-order valence-corrected chi connectivity index (χ3v) is 8.04. The standard InChI is InChI=1S/C30H26F2NO5P/c31-23-10-8-20(9-11-23)28(34)17-16-27-29(33(30(27)35)25-14-12-24(32)13-15-25)21-6-4-19(5-7-21)22-2-1-3-26(18-22)39(36,37)38/h1-15,18,27-29,34H,16-17H2,(H2,36,37,38)/t27?,28-,29+/m0/s1. The molecule has 0 spiro atoms. The number of anilines is 1. The number of β-lactam (4-membered cyclic amide) rings is 1. The van der Waals surface area contributed by atoms with Crippen LogP contribution in [0.2, 0.25) is 0 Å². The zero-order chi connectivity index (χ0) is 27.7. The van der Waals surface area contributed by atoms with Crippen LogP contribution in [0.1, 0.15) is 36.1 Å². The largest absolute Gasteiger partial charge is 0.388 e. The molecule has 4 aromatic carbocycles. The van der Waals surface area contributed by atoms with Crippen molar-refractivity contribution in [2.75, 3.05) is 4.90 Å². The first-order valence-electron chi connectivity index (χ1n) is 12.4. The molecular weight excluding hydrogens is 523 g/mol. The van der Waals surface area contributed by atoms with Gasteiger partial charge in [-0.2, -0.15) is 0 Å². The summed E-state index contributed by atoms with van der Waals surface area (Å²) in [7, 11) is -4.40. The number of hydrogen-bond acceptors (Lipinski definition) is 3. The zero-order valence-corrected chi connectivity index (χ0v) is 21.6. The van der Waals surface area contributed by atoms with Crippen molar-refractivity contribution in [1.82, 2.24) is 0 Å². The van der Waals surface area contributed by atoms with E-state index in [4.69, 9.17) is 0 Å². The van der Waals surface area contributed by atoms with E-state index in [1.54, 1.807) is 29.2 Å². The highest BCUT2D eigenvalue weighted by Gasteiger charge is 2.48. The molecule has 1 saturated heterocycles. The van der Waals surface area contributed by atoms with Gasteiger partial charge in [-0.05, 0) is 83.6 Å². The zero-order valence-electron chi connectivity index (χ0n) is 20.7. The van der Waals surface area contributed by atoms with Crippen LogP contribution in [0.25, 0.3) is 11.1 Å². The molecule has 9 heteroatoms. The topological polar surface area (TPSA) is 98.1 Å². The van der Waals surface area contributed by atoms with Crippen LogP contribution in [0.4, 0.5) is 14.5 Å². The average molecular weight is 550 g/mol. The second kappa shape index (κ2) is 10.8. The summed E-state index contributed by atoms with van der Waals surface area (Å²) in [5.41, 5.74) is 3.34. The summed E-state index contributed by atoms with van der Waals surface area (Å²) in [5.74, 6) is -1.39. The monoisotopic (exact) mass is 549 g/mol. The second-order valence-corrected chi connectivity index (χ2v) is 11.2. The molecular formula is C30H26F2NO5P. The van der Waals surface area contributed by atoms with Crippen LogP contribution < -0.4 is 10.2 Å². The highest BCUT2D eigenvalue weighted by Crippen LogP contribution is 2.46. The second-order valence-electron chi connectivity index (χ2n) is 9.60. The van der Waals surface area contributed by atoms with Crippen LogP contribution in [-0.4, -0.2) is 20.8 Å². The fourth-order valence-corrected chi connectivity index (χ4v) is 5.62. The lowest BCUT2D eigenvalue weighted by atomic mass is 9.78. The van der Waals surface area contributed by atoms with Crippen LogP contribution in [0, 0.1) is 17.6 Å². The molecule has 0 radical (unpaired) electrons. The van der Waals surface area contributed by atoms with E-state index >= 15 is 0 Å². The summed E-state index contributed by atoms with van der Waals surface area (Å²) in [6.07, 6.45) is -0.183. The van der Waals surface area contributed by atoms with E-state index in [2.05, 4.69) is 0 Å². The Labute approximate surface area is 224 Å². The van der Waals surface area contributed by atoms with Gasteiger partial charge in [0, 0.05) is 5.69 Å². The van der Waals surface area contributed by atoms with E-state index in [-0.39, 0.29) is 17.3 Å². The number of hydrogen-bond donors (Lipinski definition) is 3. The Morgan fingerprint density at radius 2 is 1.44 bits per heavy atom. The maximum Gasteiger partial charge on any atom is 0.356 e. The fraction of sp³-hybridized carbons (Fsp3) is 0.167. The first-order chi connectivity index (χ1) is 18.6. The third-order valence-electron chi connectivity index (χ3n) is 7.09. The van der Waals surface area contributed by atoms with Gasteiger partial charge in [-0.25, -0.2) is 8.78 Å². The minimum atomic E-state index is -4.40. The van der Waals surface area contributed by atoms with Crippen LogP contribution in [-0.2, 0) is 9.36 Å². The molecule has 4 aromatic rings. The Kier molecular flexibility index (Phi) is 7.47. The van der Waals surface area contributed by atoms with Crippen molar-refractivity contribution < 1.29 is 33.0 Å². The summed E-state index contributed by atoms with van der Waals surface area (Å²) >= 11 is 0. The van der Waals surface area contributed by atoms with Gasteiger partial charge in [0.25, 0.3) is 0 Å². The molecule has 200 valence electrons. The molecule has 1 aliphatic heterocycles. The molecule has 3 atom stereocenters. The van der Waals surface area contributed by atoms with Gasteiger partial charge >= 0.3 is 7.60 Å². The van der Waals surface area contributed by atoms with Crippen LogP contribution in [0.5, 0.6) is 0 Å². The van der Waals surface area contributed by atoms with Gasteiger partial charge in [-0.15, -0.1) is 0 Å². The lowest BCUT2D eigenvalue weighted by molar-refractivity contribution is -0.131. The van der Waals surface area contributed by atoms with Gasteiger partial charge in [0.15, 0.2) is 0 Å². The van der Waals surface area contributed by atoms with Crippen molar-refractivity contribution in [1.29, 1.82) is 0 Å². The van der Waals surface area contributed by atoms with Crippen molar-refractivity contribution >= 4 is 24.5 Å². The van der Waals surface area contributed by atoms with Gasteiger partial charge in [0.05, 0.1) is 23.4 Å². The number of benzene rings is 4. The number of aliphatic hydroxyl groups is 1. The van der Waals surface area contributed by atoms with E-state index in [1.807, 2.05) is 24.3 Å². The molecule has 0 bridgehead atoms. The summed E-state index contributed by atoms with van der Waals surface area (Å²) in [5, 5.41) is 10.6. The lowest BCUT2D eigenvalue weighted by Gasteiger charge is -2.48. The minimum Gasteiger partial charge on any atom is -0.388 e. The normalized spacial score (nSPS) is 18.1. The number of carbonyl (C=O) groups excluding carboxylic acids is 1. The average Bonchev–Trinajstić information content (AvgIpc) is 2.93. The Balaban J connectivity index is 1.41. The molecule has 0 aliphatic carbocycles. The van der Waals surface area contributed by atoms with Gasteiger partial charge < -0.3 is 19.8 Å². The van der Waals surface area contributed by atoms with Gasteiger partial charge in [0.2, 0.25) is 5.91 Å². The Morgan fingerprint density at radius 3 is 2.05 bits per heavy atom. The Bertz CT molecular complexity index is 1520. The van der Waals surface area contributed by atoms with Gasteiger partial charge in [0.1, 0.15) is 11.6 Å². The van der Waals surface area contributed by atoms with Crippen molar-refractivity contribution in [3.8, 4) is 11.1 Å². The molecule has 3 N–H and O–H groups in total.